The van der Waals surface area contributed by atoms with Crippen LogP contribution in [0.3, 0.4) is 0 Å². The highest BCUT2D eigenvalue weighted by Gasteiger charge is 2.48. The van der Waals surface area contributed by atoms with Crippen molar-refractivity contribution in [3.8, 4) is 33.4 Å². The third-order valence-electron chi connectivity index (χ3n) is 15.8. The molecule has 0 unspecified atom stereocenters. The average Bonchev–Trinajstić information content (AvgIpc) is 4.02. The first-order chi connectivity index (χ1) is 34.4. The Hall–Kier alpha value is -8.04. The van der Waals surface area contributed by atoms with Crippen molar-refractivity contribution in [2.75, 3.05) is 4.90 Å². The first kappa shape index (κ1) is 41.0. The number of fused-ring (bicyclic) bond motifs is 9. The minimum Gasteiger partial charge on any atom is -0.310 e. The molecule has 0 fully saturated rings. The van der Waals surface area contributed by atoms with E-state index in [1.807, 2.05) is 11.3 Å². The molecule has 0 amide bonds. The van der Waals surface area contributed by atoms with Gasteiger partial charge < -0.3 is 4.90 Å². The van der Waals surface area contributed by atoms with Crippen molar-refractivity contribution in [1.29, 1.82) is 0 Å². The van der Waals surface area contributed by atoms with Gasteiger partial charge in [0.1, 0.15) is 0 Å². The van der Waals surface area contributed by atoms with Crippen LogP contribution in [-0.2, 0) is 10.8 Å². The molecule has 3 aliphatic rings. The van der Waals surface area contributed by atoms with Gasteiger partial charge in [-0.3, -0.25) is 0 Å². The van der Waals surface area contributed by atoms with E-state index in [9.17, 15) is 0 Å². The molecule has 14 rings (SSSR count). The fourth-order valence-electron chi connectivity index (χ4n) is 12.5. The molecule has 11 aromatic rings. The Labute approximate surface area is 414 Å². The highest BCUT2D eigenvalue weighted by Crippen LogP contribution is 2.60. The minimum absolute atomic E-state index is 0.230. The molecule has 1 aromatic heterocycles. The third kappa shape index (κ3) is 6.09. The van der Waals surface area contributed by atoms with Crippen LogP contribution in [0.4, 0.5) is 17.1 Å². The average molecular weight is 912 g/mol. The Morgan fingerprint density at radius 2 is 1.06 bits per heavy atom. The molecule has 2 heteroatoms. The number of thiophene rings is 1. The number of rotatable bonds is 7. The molecule has 332 valence electrons. The van der Waals surface area contributed by atoms with Crippen LogP contribution in [0.5, 0.6) is 0 Å². The predicted molar refractivity (Wildman–Crippen MR) is 298 cm³/mol. The molecular weight excluding hydrogens is 863 g/mol. The molecule has 0 bridgehead atoms. The van der Waals surface area contributed by atoms with Crippen LogP contribution in [0.1, 0.15) is 60.1 Å². The van der Waals surface area contributed by atoms with Crippen molar-refractivity contribution >= 4 is 64.9 Å². The molecule has 1 heterocycles. The van der Waals surface area contributed by atoms with Gasteiger partial charge in [0.15, 0.2) is 0 Å². The largest absolute Gasteiger partial charge is 0.310 e. The monoisotopic (exact) mass is 911 g/mol. The van der Waals surface area contributed by atoms with Gasteiger partial charge in [-0.15, -0.1) is 11.3 Å². The van der Waals surface area contributed by atoms with E-state index < -0.39 is 5.41 Å². The Kier molecular flexibility index (Phi) is 9.22. The Bertz CT molecular complexity index is 3920. The highest BCUT2D eigenvalue weighted by atomic mass is 32.1. The summed E-state index contributed by atoms with van der Waals surface area (Å²) in [6.07, 6.45) is 6.83. The molecular formula is C68H49NS. The molecule has 1 nitrogen and oxygen atoms in total. The van der Waals surface area contributed by atoms with E-state index in [4.69, 9.17) is 0 Å². The maximum Gasteiger partial charge on any atom is 0.0711 e. The molecule has 0 spiro atoms. The van der Waals surface area contributed by atoms with Crippen LogP contribution in [0.25, 0.3) is 69.9 Å². The van der Waals surface area contributed by atoms with Crippen LogP contribution in [0.15, 0.2) is 242 Å². The summed E-state index contributed by atoms with van der Waals surface area (Å²) >= 11 is 1.87. The third-order valence-corrected chi connectivity index (χ3v) is 17.0. The van der Waals surface area contributed by atoms with Crippen molar-refractivity contribution in [3.63, 3.8) is 0 Å². The summed E-state index contributed by atoms with van der Waals surface area (Å²) in [5.74, 6) is 0. The molecule has 0 atom stereocenters. The van der Waals surface area contributed by atoms with Gasteiger partial charge in [-0.2, -0.15) is 0 Å². The summed E-state index contributed by atoms with van der Waals surface area (Å²) in [7, 11) is 0. The summed E-state index contributed by atoms with van der Waals surface area (Å²) in [5, 5.41) is 5.18. The van der Waals surface area contributed by atoms with Crippen LogP contribution >= 0.6 is 11.3 Å². The van der Waals surface area contributed by atoms with E-state index >= 15 is 0 Å². The standard InChI is InChI=1S/C68H49NS/c1-67(2)61-42-49(47-29-28-44-16-9-10-17-46(44)40-47)32-37-54(61)55-38-36-53(43-62(55)67)69(52-34-30-45(31-35-52)48-33-39-65-58(41-48)56-22-12-14-27-64(56)70-65)63-26-15-25-60-66(63)57-23-11-13-24-59(57)68(60,50-18-5-3-6-19-50)51-20-7-4-8-21-51/h3-10,12-22,24-43H,11,23H2,1-2H3. The zero-order valence-electron chi connectivity index (χ0n) is 39.3. The SMILES string of the molecule is CC1(C)c2cc(-c3ccc4ccccc4c3)ccc2-c2ccc(N(c3ccc(-c4ccc5sc6ccccc6c5c4)cc3)c3cccc4c3C3=C(C=CCC3)C4(c3ccccc3)c3ccccc3)cc21. The van der Waals surface area contributed by atoms with Gasteiger partial charge in [0.25, 0.3) is 0 Å². The summed E-state index contributed by atoms with van der Waals surface area (Å²) in [6, 6.07) is 84.5. The van der Waals surface area contributed by atoms with E-state index in [0.717, 1.165) is 24.2 Å². The van der Waals surface area contributed by atoms with Crippen LogP contribution in [-0.4, -0.2) is 0 Å². The smallest absolute Gasteiger partial charge is 0.0711 e. The molecule has 0 aliphatic heterocycles. The fraction of sp³-hybridized carbons (Fsp3) is 0.0882. The second-order valence-electron chi connectivity index (χ2n) is 19.9. The normalized spacial score (nSPS) is 15.0. The summed E-state index contributed by atoms with van der Waals surface area (Å²) < 4.78 is 2.66. The van der Waals surface area contributed by atoms with Gasteiger partial charge in [-0.25, -0.2) is 0 Å². The van der Waals surface area contributed by atoms with Crippen molar-refractivity contribution < 1.29 is 0 Å². The van der Waals surface area contributed by atoms with Gasteiger partial charge in [-0.1, -0.05) is 190 Å². The number of anilines is 3. The zero-order chi connectivity index (χ0) is 46.6. The zero-order valence-corrected chi connectivity index (χ0v) is 40.1. The van der Waals surface area contributed by atoms with E-state index in [2.05, 4.69) is 255 Å². The van der Waals surface area contributed by atoms with Crippen molar-refractivity contribution in [2.24, 2.45) is 0 Å². The molecule has 10 aromatic carbocycles. The molecule has 3 aliphatic carbocycles. The Balaban J connectivity index is 0.952. The van der Waals surface area contributed by atoms with Crippen LogP contribution < -0.4 is 4.90 Å². The maximum absolute atomic E-state index is 2.56. The first-order valence-electron chi connectivity index (χ1n) is 24.7. The number of hydrogen-bond acceptors (Lipinski definition) is 2. The van der Waals surface area contributed by atoms with Gasteiger partial charge in [0.2, 0.25) is 0 Å². The molecule has 0 radical (unpaired) electrons. The van der Waals surface area contributed by atoms with Crippen LogP contribution in [0.2, 0.25) is 0 Å². The second kappa shape index (κ2) is 15.8. The van der Waals surface area contributed by atoms with Crippen LogP contribution in [0, 0.1) is 0 Å². The molecule has 0 N–H and O–H groups in total. The Morgan fingerprint density at radius 1 is 0.443 bits per heavy atom. The minimum atomic E-state index is -0.468. The van der Waals surface area contributed by atoms with E-state index in [1.165, 1.54) is 115 Å². The lowest BCUT2D eigenvalue weighted by molar-refractivity contribution is 0.660. The number of benzene rings is 10. The predicted octanol–water partition coefficient (Wildman–Crippen LogP) is 18.8. The number of hydrogen-bond donors (Lipinski definition) is 0. The fourth-order valence-corrected chi connectivity index (χ4v) is 13.6. The van der Waals surface area contributed by atoms with Crippen molar-refractivity contribution in [1.82, 2.24) is 0 Å². The Morgan fingerprint density at radius 3 is 1.86 bits per heavy atom. The van der Waals surface area contributed by atoms with Crippen molar-refractivity contribution in [3.05, 3.63) is 276 Å². The van der Waals surface area contributed by atoms with Gasteiger partial charge in [-0.05, 0) is 157 Å². The lowest BCUT2D eigenvalue weighted by Crippen LogP contribution is -2.29. The quantitative estimate of drug-likeness (QED) is 0.154. The summed E-state index contributed by atoms with van der Waals surface area (Å²) in [5.41, 5.74) is 21.2. The van der Waals surface area contributed by atoms with Gasteiger partial charge in [0.05, 0.1) is 11.1 Å². The first-order valence-corrected chi connectivity index (χ1v) is 25.5. The second-order valence-corrected chi connectivity index (χ2v) is 21.0. The summed E-state index contributed by atoms with van der Waals surface area (Å²) in [4.78, 5) is 2.56. The van der Waals surface area contributed by atoms with E-state index in [-0.39, 0.29) is 5.41 Å². The summed E-state index contributed by atoms with van der Waals surface area (Å²) in [6.45, 7) is 4.83. The molecule has 0 saturated heterocycles. The molecule has 70 heavy (non-hydrogen) atoms. The topological polar surface area (TPSA) is 3.24 Å². The van der Waals surface area contributed by atoms with Gasteiger partial charge in [0, 0.05) is 42.5 Å². The molecule has 0 saturated carbocycles. The number of allylic oxidation sites excluding steroid dienone is 4. The van der Waals surface area contributed by atoms with E-state index in [1.54, 1.807) is 0 Å². The lowest BCUT2D eigenvalue weighted by atomic mass is 9.66. The van der Waals surface area contributed by atoms with E-state index in [0.29, 0.717) is 0 Å². The number of nitrogens with zero attached hydrogens (tertiary/aromatic N) is 1. The maximum atomic E-state index is 2.56. The lowest BCUT2D eigenvalue weighted by Gasteiger charge is -2.36. The highest BCUT2D eigenvalue weighted by molar-refractivity contribution is 7.25. The van der Waals surface area contributed by atoms with Crippen molar-refractivity contribution in [2.45, 2.75) is 37.5 Å². The van der Waals surface area contributed by atoms with Gasteiger partial charge >= 0.3 is 0 Å².